The number of hydrogen-bond acceptors (Lipinski definition) is 4. The van der Waals surface area contributed by atoms with E-state index in [1.54, 1.807) is 24.3 Å². The van der Waals surface area contributed by atoms with Crippen LogP contribution in [-0.4, -0.2) is 40.6 Å². The van der Waals surface area contributed by atoms with E-state index in [1.807, 2.05) is 12.4 Å². The van der Waals surface area contributed by atoms with Gasteiger partial charge in [-0.2, -0.15) is 0 Å². The quantitative estimate of drug-likeness (QED) is 0.604. The van der Waals surface area contributed by atoms with Gasteiger partial charge in [0.2, 0.25) is 0 Å². The van der Waals surface area contributed by atoms with Crippen molar-refractivity contribution in [3.63, 3.8) is 0 Å². The van der Waals surface area contributed by atoms with Crippen LogP contribution >= 0.6 is 0 Å². The lowest BCUT2D eigenvalue weighted by molar-refractivity contribution is 0.0661. The zero-order valence-corrected chi connectivity index (χ0v) is 15.1. The molecule has 2 aromatic rings. The maximum atomic E-state index is 13.3. The lowest BCUT2D eigenvalue weighted by Crippen LogP contribution is -2.27. The summed E-state index contributed by atoms with van der Waals surface area (Å²) in [6, 6.07) is 6.88. The van der Waals surface area contributed by atoms with Gasteiger partial charge in [0.15, 0.2) is 18.2 Å². The van der Waals surface area contributed by atoms with Crippen molar-refractivity contribution in [3.05, 3.63) is 42.2 Å². The van der Waals surface area contributed by atoms with Gasteiger partial charge in [-0.1, -0.05) is 26.2 Å². The van der Waals surface area contributed by atoms with Gasteiger partial charge < -0.3 is 9.84 Å². The number of alkyl halides is 2. The lowest BCUT2D eigenvalue weighted by Gasteiger charge is -2.12. The summed E-state index contributed by atoms with van der Waals surface area (Å²) in [7, 11) is 0. The number of hydrogen-bond donors (Lipinski definition) is 1. The van der Waals surface area contributed by atoms with Gasteiger partial charge in [0, 0.05) is 18.0 Å². The Balaban J connectivity index is 1.87. The average Bonchev–Trinajstić information content (AvgIpc) is 2.69. The summed E-state index contributed by atoms with van der Waals surface area (Å²) < 4.78 is 31.5. The van der Waals surface area contributed by atoms with Gasteiger partial charge in [-0.25, -0.2) is 18.7 Å². The Morgan fingerprint density at radius 3 is 2.31 bits per heavy atom. The molecule has 1 aromatic heterocycles. The van der Waals surface area contributed by atoms with Crippen molar-refractivity contribution >= 4 is 0 Å². The minimum Gasteiger partial charge on any atom is -0.490 e. The second-order valence-corrected chi connectivity index (χ2v) is 6.28. The monoisotopic (exact) mass is 364 g/mol. The molecule has 0 bridgehead atoms. The molecule has 1 aromatic carbocycles. The maximum Gasteiger partial charge on any atom is 0.167 e. The molecule has 26 heavy (non-hydrogen) atoms. The molecule has 0 unspecified atom stereocenters. The largest absolute Gasteiger partial charge is 0.490 e. The zero-order chi connectivity index (χ0) is 18.8. The lowest BCUT2D eigenvalue weighted by atomic mass is 10.1. The summed E-state index contributed by atoms with van der Waals surface area (Å²) in [5, 5.41) is 8.57. The number of aliphatic hydroxyl groups excluding tert-OH is 1. The van der Waals surface area contributed by atoms with Crippen LogP contribution in [0.1, 0.15) is 38.2 Å². The molecule has 0 radical (unpaired) electrons. The molecule has 0 amide bonds. The van der Waals surface area contributed by atoms with Crippen LogP contribution in [0.3, 0.4) is 0 Å². The third-order valence-corrected chi connectivity index (χ3v) is 4.11. The van der Waals surface area contributed by atoms with Crippen LogP contribution in [0.4, 0.5) is 8.78 Å². The zero-order valence-electron chi connectivity index (χ0n) is 15.1. The van der Waals surface area contributed by atoms with Crippen LogP contribution in [0.15, 0.2) is 36.7 Å². The highest BCUT2D eigenvalue weighted by molar-refractivity contribution is 5.55. The van der Waals surface area contributed by atoms with Crippen LogP contribution in [0.25, 0.3) is 11.4 Å². The maximum absolute atomic E-state index is 13.3. The number of nitrogens with zero attached hydrogens (tertiary/aromatic N) is 2. The number of ether oxygens (including phenoxy) is 1. The molecule has 6 heteroatoms. The molecule has 0 aliphatic heterocycles. The number of halogens is 2. The predicted molar refractivity (Wildman–Crippen MR) is 97.7 cm³/mol. The van der Waals surface area contributed by atoms with Gasteiger partial charge >= 0.3 is 0 Å². The summed E-state index contributed by atoms with van der Waals surface area (Å²) in [4.78, 5) is 8.79. The fourth-order valence-corrected chi connectivity index (χ4v) is 2.48. The molecule has 1 N–H and O–H groups in total. The Morgan fingerprint density at radius 1 is 1.00 bits per heavy atom. The van der Waals surface area contributed by atoms with Gasteiger partial charge in [-0.3, -0.25) is 0 Å². The second-order valence-electron chi connectivity index (χ2n) is 6.28. The minimum absolute atomic E-state index is 0.425. The summed E-state index contributed by atoms with van der Waals surface area (Å²) in [5.41, 5.74) is 1.95. The van der Waals surface area contributed by atoms with Crippen LogP contribution in [0.5, 0.6) is 5.75 Å². The van der Waals surface area contributed by atoms with E-state index in [4.69, 9.17) is 9.84 Å². The van der Waals surface area contributed by atoms with Gasteiger partial charge in [-0.15, -0.1) is 0 Å². The van der Waals surface area contributed by atoms with E-state index in [2.05, 4.69) is 16.9 Å². The van der Waals surface area contributed by atoms with E-state index in [1.165, 1.54) is 19.3 Å². The van der Waals surface area contributed by atoms with Crippen LogP contribution < -0.4 is 4.74 Å². The fraction of sp³-hybridized carbons (Fsp3) is 0.500. The number of aromatic nitrogens is 2. The third kappa shape index (κ3) is 6.33. The van der Waals surface area contributed by atoms with Crippen LogP contribution in [0.2, 0.25) is 0 Å². The van der Waals surface area contributed by atoms with Crippen molar-refractivity contribution < 1.29 is 18.6 Å². The first-order valence-corrected chi connectivity index (χ1v) is 9.07. The number of aliphatic hydroxyl groups is 1. The summed E-state index contributed by atoms with van der Waals surface area (Å²) >= 11 is 0. The van der Waals surface area contributed by atoms with Crippen molar-refractivity contribution in [2.45, 2.75) is 51.4 Å². The number of rotatable bonds is 11. The fourth-order valence-electron chi connectivity index (χ4n) is 2.48. The Hall–Kier alpha value is -2.08. The first-order chi connectivity index (χ1) is 12.6. The first kappa shape index (κ1) is 20.2. The van der Waals surface area contributed by atoms with E-state index in [9.17, 15) is 8.78 Å². The smallest absolute Gasteiger partial charge is 0.167 e. The van der Waals surface area contributed by atoms with E-state index in [-0.39, 0.29) is 0 Å². The highest BCUT2D eigenvalue weighted by Crippen LogP contribution is 2.20. The molecular weight excluding hydrogens is 338 g/mol. The van der Waals surface area contributed by atoms with Crippen molar-refractivity contribution in [1.29, 1.82) is 0 Å². The van der Waals surface area contributed by atoms with Gasteiger partial charge in [0.05, 0.1) is 6.61 Å². The Labute approximate surface area is 153 Å². The topological polar surface area (TPSA) is 55.2 Å². The van der Waals surface area contributed by atoms with Gasteiger partial charge in [-0.05, 0) is 42.7 Å². The summed E-state index contributed by atoms with van der Waals surface area (Å²) in [6.45, 7) is 0.900. The minimum atomic E-state index is -1.93. The van der Waals surface area contributed by atoms with E-state index in [0.29, 0.717) is 11.6 Å². The molecule has 4 nitrogen and oxygen atoms in total. The Kier molecular flexibility index (Phi) is 8.41. The van der Waals surface area contributed by atoms with Crippen molar-refractivity contribution in [2.24, 2.45) is 0 Å². The predicted octanol–water partition coefficient (Wildman–Crippen LogP) is 4.31. The Morgan fingerprint density at radius 2 is 1.69 bits per heavy atom. The van der Waals surface area contributed by atoms with Crippen molar-refractivity contribution in [1.82, 2.24) is 9.97 Å². The molecule has 0 spiro atoms. The average molecular weight is 364 g/mol. The third-order valence-electron chi connectivity index (χ3n) is 4.11. The van der Waals surface area contributed by atoms with Crippen LogP contribution in [-0.2, 0) is 6.42 Å². The molecule has 0 fully saturated rings. The molecule has 2 atom stereocenters. The molecule has 0 saturated heterocycles. The SMILES string of the molecule is CCCCCCc1cnc(-c2ccc(OC[C@@H](F)[C@H](F)CO)cc2)nc1. The van der Waals surface area contributed by atoms with E-state index in [0.717, 1.165) is 24.0 Å². The van der Waals surface area contributed by atoms with Gasteiger partial charge in [0.1, 0.15) is 12.4 Å². The standard InChI is InChI=1S/C20H26F2N2O2/c1-2-3-4-5-6-15-11-23-20(24-12-15)16-7-9-17(10-8-16)26-14-19(22)18(21)13-25/h7-12,18-19,25H,2-6,13-14H2,1H3/t18-,19-/m1/s1. The summed E-state index contributed by atoms with van der Waals surface area (Å²) in [5.74, 6) is 1.04. The normalized spacial score (nSPS) is 13.4. The van der Waals surface area contributed by atoms with E-state index < -0.39 is 25.6 Å². The molecule has 0 aliphatic rings. The molecule has 142 valence electrons. The number of benzene rings is 1. The van der Waals surface area contributed by atoms with E-state index >= 15 is 0 Å². The molecule has 0 aliphatic carbocycles. The number of unbranched alkanes of at least 4 members (excludes halogenated alkanes) is 3. The highest BCUT2D eigenvalue weighted by Gasteiger charge is 2.20. The molecule has 2 rings (SSSR count). The number of aryl methyl sites for hydroxylation is 1. The van der Waals surface area contributed by atoms with Crippen LogP contribution in [0, 0.1) is 0 Å². The molecule has 1 heterocycles. The molecule has 0 saturated carbocycles. The van der Waals surface area contributed by atoms with Crippen molar-refractivity contribution in [2.75, 3.05) is 13.2 Å². The second kappa shape index (κ2) is 10.8. The Bertz CT molecular complexity index is 635. The summed E-state index contributed by atoms with van der Waals surface area (Å²) in [6.07, 6.45) is 5.75. The highest BCUT2D eigenvalue weighted by atomic mass is 19.2. The molecular formula is C20H26F2N2O2. The first-order valence-electron chi connectivity index (χ1n) is 9.07. The van der Waals surface area contributed by atoms with Crippen molar-refractivity contribution in [3.8, 4) is 17.1 Å². The van der Waals surface area contributed by atoms with Gasteiger partial charge in [0.25, 0.3) is 0 Å².